The van der Waals surface area contributed by atoms with Crippen LogP contribution in [0.25, 0.3) is 0 Å². The molecule has 0 aromatic carbocycles. The summed E-state index contributed by atoms with van der Waals surface area (Å²) in [7, 11) is 0. The minimum Gasteiger partial charge on any atom is -0.480 e. The molecule has 496 valence electrons. The zero-order valence-electron chi connectivity index (χ0n) is 52.2. The van der Waals surface area contributed by atoms with Gasteiger partial charge in [-0.2, -0.15) is 0 Å². The summed E-state index contributed by atoms with van der Waals surface area (Å²) in [6.45, 7) is -0.646. The molecule has 0 saturated heterocycles. The first-order valence-corrected chi connectivity index (χ1v) is 31.5. The molecule has 0 heterocycles. The monoisotopic (exact) mass is 1230 g/mol. The minimum absolute atomic E-state index is 0.00922. The van der Waals surface area contributed by atoms with Crippen LogP contribution in [-0.2, 0) is 76.4 Å². The average Bonchev–Trinajstić information content (AvgIpc) is 3.36. The van der Waals surface area contributed by atoms with Crippen LogP contribution < -0.4 is 0 Å². The molecule has 0 aliphatic carbocycles. The zero-order chi connectivity index (χ0) is 64.1. The number of ether oxygens (including phenoxy) is 6. The van der Waals surface area contributed by atoms with E-state index >= 15 is 0 Å². The molecule has 0 spiro atoms. The van der Waals surface area contributed by atoms with Crippen LogP contribution in [0.1, 0.15) is 213 Å². The molecule has 0 aliphatic rings. The molecule has 0 aromatic heterocycles. The van der Waals surface area contributed by atoms with E-state index in [-0.39, 0.29) is 71.9 Å². The van der Waals surface area contributed by atoms with E-state index in [1.54, 1.807) is 0 Å². The van der Waals surface area contributed by atoms with Gasteiger partial charge in [0, 0.05) is 52.4 Å². The van der Waals surface area contributed by atoms with Crippen molar-refractivity contribution >= 4 is 59.7 Å². The third-order valence-corrected chi connectivity index (χ3v) is 14.3. The van der Waals surface area contributed by atoms with Crippen molar-refractivity contribution in [3.8, 4) is 0 Å². The Labute approximate surface area is 510 Å². The standard InChI is InChI=1S/C62H107N3O21/c1-4-6-8-10-12-14-16-18-20-22-24-26-28-33-57(75)85-49-62(48-84-51(3)66,50-86-58(76)34-29-27-25-23-21-19-17-15-13-11-9-7-5-2)61(80)83-41-31-30-39-81-40-32-42-82-59(77)43-52(60(78)79)65(37-35-63(44-53(67)68)45-54(69)70)38-36-64(46-55(71)72)47-56(73)74/h30-31,52H,4-29,32-50H2,1-3H3,(H,67,68)(H,69,70)(H,71,72)(H,73,74)(H,78,79)/b31-30+. The number of carbonyl (C=O) groups is 10. The Morgan fingerprint density at radius 1 is 0.407 bits per heavy atom. The number of nitrogens with zero attached hydrogens (tertiary/aromatic N) is 3. The van der Waals surface area contributed by atoms with Crippen molar-refractivity contribution in [1.29, 1.82) is 0 Å². The summed E-state index contributed by atoms with van der Waals surface area (Å²) in [5.74, 6) is -10.7. The second kappa shape index (κ2) is 53.5. The zero-order valence-corrected chi connectivity index (χ0v) is 52.2. The van der Waals surface area contributed by atoms with Gasteiger partial charge in [-0.15, -0.1) is 0 Å². The molecule has 5 N–H and O–H groups in total. The second-order valence-electron chi connectivity index (χ2n) is 22.2. The summed E-state index contributed by atoms with van der Waals surface area (Å²) >= 11 is 0. The lowest BCUT2D eigenvalue weighted by Crippen LogP contribution is -2.50. The molecule has 24 nitrogen and oxygen atoms in total. The number of carbonyl (C=O) groups excluding carboxylic acids is 5. The fourth-order valence-corrected chi connectivity index (χ4v) is 9.35. The van der Waals surface area contributed by atoms with Crippen LogP contribution in [0.2, 0.25) is 0 Å². The van der Waals surface area contributed by atoms with E-state index in [1.165, 1.54) is 120 Å². The van der Waals surface area contributed by atoms with Crippen LogP contribution >= 0.6 is 0 Å². The van der Waals surface area contributed by atoms with E-state index in [1.807, 2.05) is 0 Å². The first-order chi connectivity index (χ1) is 41.2. The molecular formula is C62H107N3O21. The minimum atomic E-state index is -1.87. The van der Waals surface area contributed by atoms with Crippen LogP contribution in [-0.4, -0.2) is 205 Å². The predicted molar refractivity (Wildman–Crippen MR) is 319 cm³/mol. The lowest BCUT2D eigenvalue weighted by atomic mass is 9.91. The van der Waals surface area contributed by atoms with Crippen molar-refractivity contribution in [1.82, 2.24) is 14.7 Å². The number of aliphatic carboxylic acids is 5. The van der Waals surface area contributed by atoms with Crippen molar-refractivity contribution in [3.63, 3.8) is 0 Å². The number of unbranched alkanes of at least 4 members (excludes halogenated alkanes) is 24. The summed E-state index contributed by atoms with van der Waals surface area (Å²) in [6, 6.07) is -1.62. The number of rotatable bonds is 61. The molecule has 1 unspecified atom stereocenters. The summed E-state index contributed by atoms with van der Waals surface area (Å²) < 4.78 is 32.9. The van der Waals surface area contributed by atoms with Gasteiger partial charge in [0.1, 0.15) is 32.5 Å². The van der Waals surface area contributed by atoms with Gasteiger partial charge in [0.2, 0.25) is 0 Å². The molecule has 24 heteroatoms. The molecule has 0 aromatic rings. The van der Waals surface area contributed by atoms with Crippen LogP contribution in [0.5, 0.6) is 0 Å². The van der Waals surface area contributed by atoms with E-state index in [2.05, 4.69) is 13.8 Å². The highest BCUT2D eigenvalue weighted by atomic mass is 16.6. The molecule has 1 atom stereocenters. The van der Waals surface area contributed by atoms with E-state index < -0.39 is 124 Å². The van der Waals surface area contributed by atoms with Crippen LogP contribution in [0.3, 0.4) is 0 Å². The summed E-state index contributed by atoms with van der Waals surface area (Å²) in [5.41, 5.74) is -1.87. The van der Waals surface area contributed by atoms with Gasteiger partial charge in [0.15, 0.2) is 5.41 Å². The Balaban J connectivity index is 5.56. The topological polar surface area (TPSA) is 337 Å². The van der Waals surface area contributed by atoms with Crippen molar-refractivity contribution in [2.45, 2.75) is 219 Å². The first kappa shape index (κ1) is 80.3. The smallest absolute Gasteiger partial charge is 0.322 e. The third kappa shape index (κ3) is 47.4. The van der Waals surface area contributed by atoms with Crippen molar-refractivity contribution in [2.75, 3.05) is 98.6 Å². The molecule has 0 saturated carbocycles. The second-order valence-corrected chi connectivity index (χ2v) is 22.2. The number of hydrogen-bond acceptors (Lipinski definition) is 19. The predicted octanol–water partition coefficient (Wildman–Crippen LogP) is 8.72. The lowest BCUT2D eigenvalue weighted by molar-refractivity contribution is -0.178. The van der Waals surface area contributed by atoms with E-state index in [9.17, 15) is 73.5 Å². The van der Waals surface area contributed by atoms with Gasteiger partial charge in [-0.3, -0.25) is 62.6 Å². The lowest BCUT2D eigenvalue weighted by Gasteiger charge is -2.32. The van der Waals surface area contributed by atoms with Crippen LogP contribution in [0.15, 0.2) is 12.2 Å². The molecule has 0 bridgehead atoms. The summed E-state index contributed by atoms with van der Waals surface area (Å²) in [4.78, 5) is 126. The quantitative estimate of drug-likeness (QED) is 0.0164. The molecule has 0 rings (SSSR count). The summed E-state index contributed by atoms with van der Waals surface area (Å²) in [5, 5.41) is 47.2. The molecular weight excluding hydrogens is 1120 g/mol. The van der Waals surface area contributed by atoms with E-state index in [0.717, 1.165) is 68.1 Å². The maximum absolute atomic E-state index is 13.9. The van der Waals surface area contributed by atoms with Gasteiger partial charge in [0.25, 0.3) is 0 Å². The SMILES string of the molecule is CCCCCCCCCCCCCCCC(=O)OCC(COC(C)=O)(COC(=O)CCCCCCCCCCCCCCC)C(=O)OC/C=C/COCCCOC(=O)CC(C(=O)O)N(CCN(CC(=O)O)CC(=O)O)CCN(CC(=O)O)CC(=O)O. The number of esters is 5. The Morgan fingerprint density at radius 2 is 0.767 bits per heavy atom. The maximum atomic E-state index is 13.9. The van der Waals surface area contributed by atoms with Crippen molar-refractivity contribution in [2.24, 2.45) is 5.41 Å². The average molecular weight is 1230 g/mol. The fraction of sp³-hybridized carbons (Fsp3) is 0.806. The molecule has 0 amide bonds. The summed E-state index contributed by atoms with van der Waals surface area (Å²) in [6.07, 6.45) is 32.2. The highest BCUT2D eigenvalue weighted by Crippen LogP contribution is 2.25. The molecule has 0 fully saturated rings. The number of carboxylic acid groups (broad SMARTS) is 5. The Bertz CT molecular complexity index is 1820. The van der Waals surface area contributed by atoms with Crippen LogP contribution in [0, 0.1) is 5.41 Å². The highest BCUT2D eigenvalue weighted by molar-refractivity contribution is 5.82. The van der Waals surface area contributed by atoms with Gasteiger partial charge in [-0.1, -0.05) is 174 Å². The molecule has 0 aliphatic heterocycles. The normalized spacial score (nSPS) is 11.9. The van der Waals surface area contributed by atoms with Gasteiger partial charge in [-0.05, 0) is 18.9 Å². The van der Waals surface area contributed by atoms with Gasteiger partial charge in [-0.25, -0.2) is 0 Å². The van der Waals surface area contributed by atoms with E-state index in [4.69, 9.17) is 28.4 Å². The number of carboxylic acids is 5. The molecule has 0 radical (unpaired) electrons. The third-order valence-electron chi connectivity index (χ3n) is 14.3. The van der Waals surface area contributed by atoms with Crippen LogP contribution in [0.4, 0.5) is 0 Å². The molecule has 86 heavy (non-hydrogen) atoms. The van der Waals surface area contributed by atoms with Gasteiger partial charge < -0.3 is 54.0 Å². The van der Waals surface area contributed by atoms with Crippen molar-refractivity contribution in [3.05, 3.63) is 12.2 Å². The highest BCUT2D eigenvalue weighted by Gasteiger charge is 2.45. The van der Waals surface area contributed by atoms with Gasteiger partial charge >= 0.3 is 59.7 Å². The first-order valence-electron chi connectivity index (χ1n) is 31.5. The Hall–Kier alpha value is -5.72. The Morgan fingerprint density at radius 3 is 1.13 bits per heavy atom. The van der Waals surface area contributed by atoms with E-state index in [0.29, 0.717) is 12.8 Å². The maximum Gasteiger partial charge on any atom is 0.322 e. The largest absolute Gasteiger partial charge is 0.480 e. The van der Waals surface area contributed by atoms with Crippen molar-refractivity contribution < 1.29 is 102 Å². The number of hydrogen-bond donors (Lipinski definition) is 5. The fourth-order valence-electron chi connectivity index (χ4n) is 9.35. The Kier molecular flexibility index (Phi) is 50.0. The van der Waals surface area contributed by atoms with Gasteiger partial charge in [0.05, 0.1) is 52.4 Å².